The summed E-state index contributed by atoms with van der Waals surface area (Å²) in [5.41, 5.74) is 0.581. The summed E-state index contributed by atoms with van der Waals surface area (Å²) in [6.07, 6.45) is 0.0217. The van der Waals surface area contributed by atoms with Gasteiger partial charge in [-0.25, -0.2) is 4.39 Å². The molecule has 0 unspecified atom stereocenters. The van der Waals surface area contributed by atoms with Crippen LogP contribution in [0.4, 0.5) is 4.39 Å². The maximum atomic E-state index is 13.1. The molecule has 0 aromatic heterocycles. The highest BCUT2D eigenvalue weighted by atomic mass is 19.1. The molecule has 0 amide bonds. The van der Waals surface area contributed by atoms with Gasteiger partial charge in [0.15, 0.2) is 0 Å². The monoisotopic (exact) mass is 310 g/mol. The van der Waals surface area contributed by atoms with Gasteiger partial charge < -0.3 is 9.47 Å². The van der Waals surface area contributed by atoms with E-state index in [1.54, 1.807) is 31.4 Å². The van der Waals surface area contributed by atoms with Crippen molar-refractivity contribution in [3.8, 4) is 11.5 Å². The minimum absolute atomic E-state index is 0.0217. The molecule has 0 saturated heterocycles. The lowest BCUT2D eigenvalue weighted by Gasteiger charge is -2.07. The van der Waals surface area contributed by atoms with Crippen molar-refractivity contribution >= 4 is 16.7 Å². The van der Waals surface area contributed by atoms with Crippen molar-refractivity contribution in [1.82, 2.24) is 0 Å². The molecule has 0 aliphatic heterocycles. The molecule has 0 aliphatic rings. The number of ether oxygens (including phenoxy) is 2. The molecule has 0 fully saturated rings. The highest BCUT2D eigenvalue weighted by molar-refractivity contribution is 5.86. The van der Waals surface area contributed by atoms with Crippen molar-refractivity contribution in [1.29, 1.82) is 0 Å². The fourth-order valence-corrected chi connectivity index (χ4v) is 2.37. The Labute approximate surface area is 133 Å². The molecule has 3 nitrogen and oxygen atoms in total. The highest BCUT2D eigenvalue weighted by Crippen LogP contribution is 2.25. The first-order chi connectivity index (χ1) is 11.1. The van der Waals surface area contributed by atoms with Crippen molar-refractivity contribution in [3.63, 3.8) is 0 Å². The summed E-state index contributed by atoms with van der Waals surface area (Å²) >= 11 is 0. The predicted octanol–water partition coefficient (Wildman–Crippen LogP) is 4.14. The SMILES string of the molecule is COc1ccc2ccc(OC(=O)Cc3cccc(F)c3)cc2c1. The van der Waals surface area contributed by atoms with Crippen LogP contribution in [-0.2, 0) is 11.2 Å². The Morgan fingerprint density at radius 3 is 2.43 bits per heavy atom. The van der Waals surface area contributed by atoms with Crippen LogP contribution in [0.15, 0.2) is 60.7 Å². The van der Waals surface area contributed by atoms with E-state index >= 15 is 0 Å². The molecule has 0 bridgehead atoms. The molecular weight excluding hydrogens is 295 g/mol. The first-order valence-electron chi connectivity index (χ1n) is 7.17. The maximum absolute atomic E-state index is 13.1. The summed E-state index contributed by atoms with van der Waals surface area (Å²) in [6, 6.07) is 17.0. The summed E-state index contributed by atoms with van der Waals surface area (Å²) in [5, 5.41) is 1.94. The number of methoxy groups -OCH3 is 1. The first-order valence-corrected chi connectivity index (χ1v) is 7.17. The smallest absolute Gasteiger partial charge is 0.315 e. The number of fused-ring (bicyclic) bond motifs is 1. The van der Waals surface area contributed by atoms with E-state index in [2.05, 4.69) is 0 Å². The summed E-state index contributed by atoms with van der Waals surface area (Å²) in [5.74, 6) is 0.388. The number of hydrogen-bond donors (Lipinski definition) is 0. The summed E-state index contributed by atoms with van der Waals surface area (Å²) < 4.78 is 23.7. The van der Waals surface area contributed by atoms with Crippen LogP contribution < -0.4 is 9.47 Å². The Kier molecular flexibility index (Phi) is 4.24. The van der Waals surface area contributed by atoms with Gasteiger partial charge in [-0.15, -0.1) is 0 Å². The van der Waals surface area contributed by atoms with E-state index in [1.807, 2.05) is 24.3 Å². The van der Waals surface area contributed by atoms with Gasteiger partial charge >= 0.3 is 5.97 Å². The number of hydrogen-bond acceptors (Lipinski definition) is 3. The zero-order chi connectivity index (χ0) is 16.2. The second kappa shape index (κ2) is 6.48. The number of rotatable bonds is 4. The van der Waals surface area contributed by atoms with E-state index < -0.39 is 5.97 Å². The second-order valence-corrected chi connectivity index (χ2v) is 5.16. The van der Waals surface area contributed by atoms with Crippen molar-refractivity contribution < 1.29 is 18.7 Å². The Morgan fingerprint density at radius 2 is 1.70 bits per heavy atom. The fraction of sp³-hybridized carbons (Fsp3) is 0.105. The average Bonchev–Trinajstić information content (AvgIpc) is 2.54. The fourth-order valence-electron chi connectivity index (χ4n) is 2.37. The van der Waals surface area contributed by atoms with Crippen molar-refractivity contribution in [2.24, 2.45) is 0 Å². The minimum atomic E-state index is -0.433. The topological polar surface area (TPSA) is 35.5 Å². The van der Waals surface area contributed by atoms with E-state index in [0.717, 1.165) is 16.5 Å². The van der Waals surface area contributed by atoms with E-state index in [4.69, 9.17) is 9.47 Å². The number of halogens is 1. The van der Waals surface area contributed by atoms with Crippen LogP contribution in [0, 0.1) is 5.82 Å². The maximum Gasteiger partial charge on any atom is 0.315 e. The van der Waals surface area contributed by atoms with Gasteiger partial charge in [0, 0.05) is 0 Å². The Balaban J connectivity index is 1.76. The zero-order valence-corrected chi connectivity index (χ0v) is 12.6. The van der Waals surface area contributed by atoms with Gasteiger partial charge in [-0.05, 0) is 52.7 Å². The Morgan fingerprint density at radius 1 is 0.957 bits per heavy atom. The molecule has 0 spiro atoms. The quantitative estimate of drug-likeness (QED) is 0.537. The molecule has 3 rings (SSSR count). The molecule has 3 aromatic carbocycles. The molecule has 0 heterocycles. The van der Waals surface area contributed by atoms with Crippen LogP contribution in [0.3, 0.4) is 0 Å². The van der Waals surface area contributed by atoms with Gasteiger partial charge in [-0.3, -0.25) is 4.79 Å². The van der Waals surface area contributed by atoms with Crippen molar-refractivity contribution in [2.75, 3.05) is 7.11 Å². The number of benzene rings is 3. The normalized spacial score (nSPS) is 10.5. The van der Waals surface area contributed by atoms with Crippen molar-refractivity contribution in [2.45, 2.75) is 6.42 Å². The van der Waals surface area contributed by atoms with Crippen LogP contribution in [-0.4, -0.2) is 13.1 Å². The summed E-state index contributed by atoms with van der Waals surface area (Å²) in [4.78, 5) is 12.0. The molecule has 0 aliphatic carbocycles. The van der Waals surface area contributed by atoms with Crippen LogP contribution in [0.5, 0.6) is 11.5 Å². The standard InChI is InChI=1S/C19H15FO3/c1-22-17-7-5-14-6-8-18(12-15(14)11-17)23-19(21)10-13-3-2-4-16(20)9-13/h2-9,11-12H,10H2,1H3. The average molecular weight is 310 g/mol. The van der Waals surface area contributed by atoms with Crippen LogP contribution in [0.1, 0.15) is 5.56 Å². The third kappa shape index (κ3) is 3.66. The van der Waals surface area contributed by atoms with E-state index in [-0.39, 0.29) is 12.2 Å². The summed E-state index contributed by atoms with van der Waals surface area (Å²) in [6.45, 7) is 0. The molecule has 116 valence electrons. The highest BCUT2D eigenvalue weighted by Gasteiger charge is 2.08. The lowest BCUT2D eigenvalue weighted by molar-refractivity contribution is -0.133. The molecule has 0 radical (unpaired) electrons. The summed E-state index contributed by atoms with van der Waals surface area (Å²) in [7, 11) is 1.60. The van der Waals surface area contributed by atoms with Gasteiger partial charge in [0.2, 0.25) is 0 Å². The van der Waals surface area contributed by atoms with Gasteiger partial charge in [-0.2, -0.15) is 0 Å². The third-order valence-electron chi connectivity index (χ3n) is 3.49. The third-order valence-corrected chi connectivity index (χ3v) is 3.49. The van der Waals surface area contributed by atoms with Crippen LogP contribution in [0.25, 0.3) is 10.8 Å². The number of carbonyl (C=O) groups excluding carboxylic acids is 1. The van der Waals surface area contributed by atoms with E-state index in [1.165, 1.54) is 12.1 Å². The minimum Gasteiger partial charge on any atom is -0.497 e. The Hall–Kier alpha value is -2.88. The number of esters is 1. The zero-order valence-electron chi connectivity index (χ0n) is 12.6. The molecule has 0 atom stereocenters. The molecule has 0 saturated carbocycles. The lowest BCUT2D eigenvalue weighted by Crippen LogP contribution is -2.11. The molecule has 4 heteroatoms. The van der Waals surface area contributed by atoms with Gasteiger partial charge in [0.05, 0.1) is 13.5 Å². The van der Waals surface area contributed by atoms with Gasteiger partial charge in [0.25, 0.3) is 0 Å². The molecule has 23 heavy (non-hydrogen) atoms. The second-order valence-electron chi connectivity index (χ2n) is 5.16. The van der Waals surface area contributed by atoms with Crippen molar-refractivity contribution in [3.05, 3.63) is 72.0 Å². The van der Waals surface area contributed by atoms with E-state index in [9.17, 15) is 9.18 Å². The molecular formula is C19H15FO3. The predicted molar refractivity (Wildman–Crippen MR) is 86.2 cm³/mol. The van der Waals surface area contributed by atoms with Gasteiger partial charge in [0.1, 0.15) is 17.3 Å². The molecule has 0 N–H and O–H groups in total. The Bertz CT molecular complexity index is 858. The van der Waals surface area contributed by atoms with E-state index in [0.29, 0.717) is 11.3 Å². The number of carbonyl (C=O) groups is 1. The molecule has 3 aromatic rings. The van der Waals surface area contributed by atoms with Gasteiger partial charge in [-0.1, -0.05) is 24.3 Å². The lowest BCUT2D eigenvalue weighted by atomic mass is 10.1. The van der Waals surface area contributed by atoms with Crippen LogP contribution in [0.2, 0.25) is 0 Å². The van der Waals surface area contributed by atoms with Crippen LogP contribution >= 0.6 is 0 Å². The largest absolute Gasteiger partial charge is 0.497 e. The first kappa shape index (κ1) is 15.0.